The molecule has 2 aromatic rings. The highest BCUT2D eigenvalue weighted by atomic mass is 35.5. The molecular weight excluding hydrogens is 448 g/mol. The zero-order valence-corrected chi connectivity index (χ0v) is 22.1. The first-order valence-electron chi connectivity index (χ1n) is 11.0. The topological polar surface area (TPSA) is 12.2 Å². The Bertz CT molecular complexity index is 928. The van der Waals surface area contributed by atoms with E-state index >= 15 is 0 Å². The first-order chi connectivity index (χ1) is 14.3. The second-order valence-electron chi connectivity index (χ2n) is 10.5. The van der Waals surface area contributed by atoms with Crippen molar-refractivity contribution in [3.63, 3.8) is 0 Å². The molecule has 2 aromatic carbocycles. The van der Waals surface area contributed by atoms with Gasteiger partial charge in [-0.05, 0) is 59.4 Å². The van der Waals surface area contributed by atoms with E-state index in [0.717, 1.165) is 17.7 Å². The van der Waals surface area contributed by atoms with Gasteiger partial charge in [0.05, 0.1) is 17.2 Å². The van der Waals surface area contributed by atoms with Gasteiger partial charge in [0.1, 0.15) is 5.82 Å². The van der Waals surface area contributed by atoms with Crippen molar-refractivity contribution in [2.45, 2.75) is 70.9 Å². The zero-order chi connectivity index (χ0) is 23.1. The standard InChI is InChI=1S/C25H34Cl2FNOSi/c1-16(2)22-15-29(22)23(17-11-12-20(27)21(28)14-17)24(18-9-8-10-19(26)13-18)30-31(6,7)25(3,4)5/h8-14,16,22-24H,15H2,1-7H3/t22-,23-,24-,29?/m1/s1. The lowest BCUT2D eigenvalue weighted by Crippen LogP contribution is -2.43. The third-order valence-electron chi connectivity index (χ3n) is 6.79. The van der Waals surface area contributed by atoms with Gasteiger partial charge in [-0.2, -0.15) is 0 Å². The Morgan fingerprint density at radius 3 is 2.26 bits per heavy atom. The summed E-state index contributed by atoms with van der Waals surface area (Å²) >= 11 is 12.4. The minimum absolute atomic E-state index is 0.0377. The summed E-state index contributed by atoms with van der Waals surface area (Å²) in [6, 6.07) is 13.3. The Labute approximate surface area is 197 Å². The van der Waals surface area contributed by atoms with Gasteiger partial charge in [-0.3, -0.25) is 4.90 Å². The van der Waals surface area contributed by atoms with Crippen molar-refractivity contribution in [1.82, 2.24) is 4.90 Å². The molecule has 0 amide bonds. The summed E-state index contributed by atoms with van der Waals surface area (Å²) < 4.78 is 21.6. The highest BCUT2D eigenvalue weighted by Crippen LogP contribution is 2.49. The Hall–Kier alpha value is -0.913. The van der Waals surface area contributed by atoms with E-state index in [0.29, 0.717) is 17.0 Å². The minimum Gasteiger partial charge on any atom is -0.408 e. The molecule has 170 valence electrons. The predicted molar refractivity (Wildman–Crippen MR) is 132 cm³/mol. The van der Waals surface area contributed by atoms with Gasteiger partial charge >= 0.3 is 0 Å². The minimum atomic E-state index is -2.15. The van der Waals surface area contributed by atoms with E-state index in [1.165, 1.54) is 0 Å². The van der Waals surface area contributed by atoms with E-state index in [1.807, 2.05) is 24.3 Å². The maximum Gasteiger partial charge on any atom is 0.193 e. The third kappa shape index (κ3) is 5.54. The number of benzene rings is 2. The molecule has 1 heterocycles. The highest BCUT2D eigenvalue weighted by Gasteiger charge is 2.49. The number of halogens is 3. The zero-order valence-electron chi connectivity index (χ0n) is 19.5. The van der Waals surface area contributed by atoms with Gasteiger partial charge in [-0.15, -0.1) is 0 Å². The summed E-state index contributed by atoms with van der Waals surface area (Å²) in [5.41, 5.74) is 1.90. The number of hydrogen-bond acceptors (Lipinski definition) is 2. The van der Waals surface area contributed by atoms with Gasteiger partial charge < -0.3 is 4.43 Å². The fraction of sp³-hybridized carbons (Fsp3) is 0.520. The molecule has 6 heteroatoms. The first-order valence-corrected chi connectivity index (χ1v) is 14.6. The maximum absolute atomic E-state index is 14.5. The molecule has 0 radical (unpaired) electrons. The van der Waals surface area contributed by atoms with Crippen LogP contribution >= 0.6 is 23.2 Å². The van der Waals surface area contributed by atoms with Crippen LogP contribution in [0.5, 0.6) is 0 Å². The second-order valence-corrected chi connectivity index (χ2v) is 16.1. The van der Waals surface area contributed by atoms with E-state index < -0.39 is 14.1 Å². The summed E-state index contributed by atoms with van der Waals surface area (Å²) in [5.74, 6) is 0.108. The maximum atomic E-state index is 14.5. The molecule has 2 nitrogen and oxygen atoms in total. The van der Waals surface area contributed by atoms with Gasteiger partial charge in [0.15, 0.2) is 8.32 Å². The van der Waals surface area contributed by atoms with E-state index in [2.05, 4.69) is 58.7 Å². The molecule has 0 aromatic heterocycles. The van der Waals surface area contributed by atoms with Crippen LogP contribution in [0.2, 0.25) is 28.2 Å². The Balaban J connectivity index is 2.13. The third-order valence-corrected chi connectivity index (χ3v) is 11.8. The molecule has 31 heavy (non-hydrogen) atoms. The number of nitrogens with zero attached hydrogens (tertiary/aromatic N) is 1. The summed E-state index contributed by atoms with van der Waals surface area (Å²) in [4.78, 5) is 2.42. The van der Waals surface area contributed by atoms with E-state index in [-0.39, 0.29) is 22.2 Å². The average molecular weight is 483 g/mol. The average Bonchev–Trinajstić information content (AvgIpc) is 3.44. The van der Waals surface area contributed by atoms with Crippen LogP contribution in [0.3, 0.4) is 0 Å². The normalized spacial score (nSPS) is 21.3. The first kappa shape index (κ1) is 24.7. The molecule has 1 aliphatic rings. The van der Waals surface area contributed by atoms with Crippen molar-refractivity contribution in [2.24, 2.45) is 5.92 Å². The van der Waals surface area contributed by atoms with Gasteiger partial charge in [-0.25, -0.2) is 4.39 Å². The SMILES string of the molecule is CC(C)[C@H]1CN1[C@H](c1ccc(Cl)c(F)c1)[C@H](O[Si](C)(C)C(C)(C)C)c1cccc(Cl)c1. The molecular formula is C25H34Cl2FNOSi. The van der Waals surface area contributed by atoms with Crippen LogP contribution in [0, 0.1) is 11.7 Å². The van der Waals surface area contributed by atoms with E-state index in [4.69, 9.17) is 27.6 Å². The van der Waals surface area contributed by atoms with Crippen LogP contribution in [0.4, 0.5) is 4.39 Å². The van der Waals surface area contributed by atoms with Crippen molar-refractivity contribution >= 4 is 31.5 Å². The monoisotopic (exact) mass is 481 g/mol. The smallest absolute Gasteiger partial charge is 0.193 e. The molecule has 0 spiro atoms. The fourth-order valence-corrected chi connectivity index (χ4v) is 5.38. The molecule has 0 saturated carbocycles. The molecule has 3 rings (SSSR count). The van der Waals surface area contributed by atoms with Crippen molar-refractivity contribution in [2.75, 3.05) is 6.54 Å². The Morgan fingerprint density at radius 2 is 1.74 bits per heavy atom. The van der Waals surface area contributed by atoms with Gasteiger partial charge in [0, 0.05) is 17.6 Å². The predicted octanol–water partition coefficient (Wildman–Crippen LogP) is 8.28. The van der Waals surface area contributed by atoms with Crippen molar-refractivity contribution < 1.29 is 8.82 Å². The summed E-state index contributed by atoms with van der Waals surface area (Å²) in [6.07, 6.45) is -0.260. The Morgan fingerprint density at radius 1 is 1.06 bits per heavy atom. The molecule has 0 N–H and O–H groups in total. The summed E-state index contributed by atoms with van der Waals surface area (Å²) in [6.45, 7) is 16.6. The Kier molecular flexibility index (Phi) is 7.29. The van der Waals surface area contributed by atoms with Gasteiger partial charge in [0.2, 0.25) is 0 Å². The largest absolute Gasteiger partial charge is 0.408 e. The van der Waals surface area contributed by atoms with Crippen LogP contribution in [0.1, 0.15) is 57.9 Å². The summed E-state index contributed by atoms with van der Waals surface area (Å²) in [7, 11) is -2.15. The van der Waals surface area contributed by atoms with Crippen LogP contribution in [0.15, 0.2) is 42.5 Å². The van der Waals surface area contributed by atoms with Crippen molar-refractivity contribution in [3.8, 4) is 0 Å². The van der Waals surface area contributed by atoms with Crippen LogP contribution in [0.25, 0.3) is 0 Å². The molecule has 1 fully saturated rings. The van der Waals surface area contributed by atoms with E-state index in [1.54, 1.807) is 12.1 Å². The lowest BCUT2D eigenvalue weighted by Gasteiger charge is -2.42. The molecule has 0 bridgehead atoms. The second kappa shape index (κ2) is 9.15. The van der Waals surface area contributed by atoms with Gasteiger partial charge in [-0.1, -0.05) is 76.0 Å². The van der Waals surface area contributed by atoms with Gasteiger partial charge in [0.25, 0.3) is 0 Å². The molecule has 1 aliphatic heterocycles. The van der Waals surface area contributed by atoms with E-state index in [9.17, 15) is 4.39 Å². The van der Waals surface area contributed by atoms with Crippen molar-refractivity contribution in [3.05, 3.63) is 69.5 Å². The molecule has 4 atom stereocenters. The summed E-state index contributed by atoms with van der Waals surface area (Å²) in [5, 5.41) is 0.850. The molecule has 1 saturated heterocycles. The van der Waals surface area contributed by atoms with Crippen LogP contribution in [-0.4, -0.2) is 25.8 Å². The fourth-order valence-electron chi connectivity index (χ4n) is 3.81. The molecule has 1 unspecified atom stereocenters. The lowest BCUT2D eigenvalue weighted by molar-refractivity contribution is 0.101. The van der Waals surface area contributed by atoms with Crippen LogP contribution < -0.4 is 0 Å². The number of rotatable bonds is 7. The lowest BCUT2D eigenvalue weighted by atomic mass is 9.95. The molecule has 0 aliphatic carbocycles. The van der Waals surface area contributed by atoms with Crippen LogP contribution in [-0.2, 0) is 4.43 Å². The number of hydrogen-bond donors (Lipinski definition) is 0. The highest BCUT2D eigenvalue weighted by molar-refractivity contribution is 6.74. The van der Waals surface area contributed by atoms with Crippen molar-refractivity contribution in [1.29, 1.82) is 0 Å². The quantitative estimate of drug-likeness (QED) is 0.291.